The summed E-state index contributed by atoms with van der Waals surface area (Å²) >= 11 is 1.53. The van der Waals surface area contributed by atoms with Crippen molar-refractivity contribution in [3.05, 3.63) is 16.1 Å². The Morgan fingerprint density at radius 3 is 2.83 bits per heavy atom. The van der Waals surface area contributed by atoms with E-state index in [2.05, 4.69) is 18.8 Å². The number of hydrogen-bond donors (Lipinski definition) is 1. The van der Waals surface area contributed by atoms with Gasteiger partial charge in [-0.15, -0.1) is 11.3 Å². The third kappa shape index (κ3) is 4.26. The minimum Gasteiger partial charge on any atom is -0.375 e. The maximum Gasteiger partial charge on any atom is 0.261 e. The number of nitrogens with zero attached hydrogens (tertiary/aromatic N) is 1. The van der Waals surface area contributed by atoms with Gasteiger partial charge in [0.2, 0.25) is 0 Å². The number of hydrogen-bond acceptors (Lipinski definition) is 4. The van der Waals surface area contributed by atoms with Crippen LogP contribution in [-0.2, 0) is 16.6 Å². The van der Waals surface area contributed by atoms with Crippen LogP contribution in [0.5, 0.6) is 0 Å². The van der Waals surface area contributed by atoms with Gasteiger partial charge in [0.25, 0.3) is 6.43 Å². The molecule has 0 aliphatic rings. The Bertz CT molecular complexity index is 354. The molecule has 1 aromatic heterocycles. The molecule has 0 bridgehead atoms. The molecule has 0 aliphatic heterocycles. The van der Waals surface area contributed by atoms with Crippen molar-refractivity contribution in [2.45, 2.75) is 38.5 Å². The Morgan fingerprint density at radius 2 is 2.28 bits per heavy atom. The van der Waals surface area contributed by atoms with Crippen molar-refractivity contribution in [3.63, 3.8) is 0 Å². The summed E-state index contributed by atoms with van der Waals surface area (Å²) < 4.78 is 28.6. The van der Waals surface area contributed by atoms with Crippen LogP contribution in [-0.4, -0.2) is 31.2 Å². The minimum atomic E-state index is -2.41. The third-order valence-corrected chi connectivity index (χ3v) is 4.01. The Balaban J connectivity index is 2.48. The summed E-state index contributed by atoms with van der Waals surface area (Å²) in [6.07, 6.45) is -0.909. The van der Waals surface area contributed by atoms with Crippen molar-refractivity contribution in [1.82, 2.24) is 4.98 Å². The molecule has 0 radical (unpaired) electrons. The van der Waals surface area contributed by atoms with Crippen LogP contribution >= 0.6 is 11.3 Å². The molecule has 2 N–H and O–H groups in total. The Kier molecular flexibility index (Phi) is 6.11. The van der Waals surface area contributed by atoms with Crippen molar-refractivity contribution in [3.8, 4) is 0 Å². The molecule has 0 spiro atoms. The van der Waals surface area contributed by atoms with Crippen molar-refractivity contribution in [1.29, 1.82) is 0 Å². The average Bonchev–Trinajstić information content (AvgIpc) is 2.83. The predicted molar refractivity (Wildman–Crippen MR) is 69.3 cm³/mol. The topological polar surface area (TPSA) is 48.1 Å². The largest absolute Gasteiger partial charge is 0.375 e. The molecule has 0 aromatic carbocycles. The number of rotatable bonds is 8. The van der Waals surface area contributed by atoms with Gasteiger partial charge in [-0.3, -0.25) is 0 Å². The SMILES string of the molecule is CCC(C)(CN)c1csc(CCOCC(F)F)n1. The zero-order valence-corrected chi connectivity index (χ0v) is 11.6. The fourth-order valence-corrected chi connectivity index (χ4v) is 2.40. The summed E-state index contributed by atoms with van der Waals surface area (Å²) in [5.74, 6) is 0. The lowest BCUT2D eigenvalue weighted by Crippen LogP contribution is -2.31. The standard InChI is InChI=1S/C12H20F2N2OS/c1-3-12(2,8-15)9-7-18-11(16-9)4-5-17-6-10(13)14/h7,10H,3-6,8,15H2,1-2H3. The number of thiazole rings is 1. The second-order valence-corrected chi connectivity index (χ2v) is 5.40. The first-order chi connectivity index (χ1) is 8.51. The van der Waals surface area contributed by atoms with Crippen LogP contribution in [0.15, 0.2) is 5.38 Å². The Morgan fingerprint density at radius 1 is 1.56 bits per heavy atom. The smallest absolute Gasteiger partial charge is 0.261 e. The van der Waals surface area contributed by atoms with Gasteiger partial charge in [-0.05, 0) is 6.42 Å². The van der Waals surface area contributed by atoms with Crippen molar-refractivity contribution < 1.29 is 13.5 Å². The lowest BCUT2D eigenvalue weighted by atomic mass is 9.85. The van der Waals surface area contributed by atoms with E-state index in [1.54, 1.807) is 0 Å². The first kappa shape index (κ1) is 15.5. The number of alkyl halides is 2. The molecular weight excluding hydrogens is 258 g/mol. The van der Waals surface area contributed by atoms with Crippen LogP contribution in [0.4, 0.5) is 8.78 Å². The second kappa shape index (κ2) is 7.11. The minimum absolute atomic E-state index is 0.0986. The normalized spacial score (nSPS) is 15.0. The molecule has 0 saturated carbocycles. The van der Waals surface area contributed by atoms with E-state index < -0.39 is 13.0 Å². The lowest BCUT2D eigenvalue weighted by Gasteiger charge is -2.23. The molecule has 0 fully saturated rings. The molecule has 1 rings (SSSR count). The lowest BCUT2D eigenvalue weighted by molar-refractivity contribution is 0.0187. The van der Waals surface area contributed by atoms with Gasteiger partial charge in [-0.2, -0.15) is 0 Å². The summed E-state index contributed by atoms with van der Waals surface area (Å²) in [4.78, 5) is 4.51. The molecule has 3 nitrogen and oxygen atoms in total. The van der Waals surface area contributed by atoms with Gasteiger partial charge in [-0.1, -0.05) is 13.8 Å². The molecule has 1 unspecified atom stereocenters. The number of ether oxygens (including phenoxy) is 1. The number of aromatic nitrogens is 1. The maximum absolute atomic E-state index is 11.9. The van der Waals surface area contributed by atoms with Crippen LogP contribution in [0, 0.1) is 0 Å². The summed E-state index contributed by atoms with van der Waals surface area (Å²) in [5, 5.41) is 2.91. The molecule has 1 heterocycles. The zero-order valence-electron chi connectivity index (χ0n) is 10.8. The summed E-state index contributed by atoms with van der Waals surface area (Å²) in [6, 6.07) is 0. The van der Waals surface area contributed by atoms with E-state index in [9.17, 15) is 8.78 Å². The van der Waals surface area contributed by atoms with Crippen molar-refractivity contribution in [2.24, 2.45) is 5.73 Å². The van der Waals surface area contributed by atoms with Crippen LogP contribution in [0.3, 0.4) is 0 Å². The van der Waals surface area contributed by atoms with E-state index in [0.29, 0.717) is 13.0 Å². The molecule has 18 heavy (non-hydrogen) atoms. The molecule has 0 amide bonds. The highest BCUT2D eigenvalue weighted by Crippen LogP contribution is 2.27. The first-order valence-electron chi connectivity index (χ1n) is 6.02. The maximum atomic E-state index is 11.9. The van der Waals surface area contributed by atoms with Crippen molar-refractivity contribution in [2.75, 3.05) is 19.8 Å². The van der Waals surface area contributed by atoms with Gasteiger partial charge < -0.3 is 10.5 Å². The van der Waals surface area contributed by atoms with Gasteiger partial charge in [0.05, 0.1) is 17.3 Å². The highest BCUT2D eigenvalue weighted by atomic mass is 32.1. The molecule has 0 saturated heterocycles. The third-order valence-electron chi connectivity index (χ3n) is 3.11. The first-order valence-corrected chi connectivity index (χ1v) is 6.90. The summed E-state index contributed by atoms with van der Waals surface area (Å²) in [5.41, 5.74) is 6.66. The Hall–Kier alpha value is -0.590. The number of nitrogens with two attached hydrogens (primary N) is 1. The van der Waals surface area contributed by atoms with Gasteiger partial charge in [0, 0.05) is 23.8 Å². The molecular formula is C12H20F2N2OS. The van der Waals surface area contributed by atoms with Gasteiger partial charge in [0.15, 0.2) is 0 Å². The molecule has 0 aliphatic carbocycles. The van der Waals surface area contributed by atoms with Gasteiger partial charge >= 0.3 is 0 Å². The predicted octanol–water partition coefficient (Wildman–Crippen LogP) is 2.59. The molecule has 1 atom stereocenters. The number of halogens is 2. The molecule has 104 valence electrons. The molecule has 1 aromatic rings. The van der Waals surface area contributed by atoms with Crippen LogP contribution < -0.4 is 5.73 Å². The fourth-order valence-electron chi connectivity index (χ4n) is 1.46. The van der Waals surface area contributed by atoms with Crippen molar-refractivity contribution >= 4 is 11.3 Å². The zero-order chi connectivity index (χ0) is 13.6. The quantitative estimate of drug-likeness (QED) is 0.744. The van der Waals surface area contributed by atoms with E-state index in [0.717, 1.165) is 17.1 Å². The monoisotopic (exact) mass is 278 g/mol. The average molecular weight is 278 g/mol. The van der Waals surface area contributed by atoms with E-state index in [1.807, 2.05) is 5.38 Å². The van der Waals surface area contributed by atoms with Gasteiger partial charge in [0.1, 0.15) is 6.61 Å². The van der Waals surface area contributed by atoms with Crippen LogP contribution in [0.2, 0.25) is 0 Å². The van der Waals surface area contributed by atoms with Gasteiger partial charge in [-0.25, -0.2) is 13.8 Å². The Labute approximate surface area is 110 Å². The summed E-state index contributed by atoms with van der Waals surface area (Å²) in [7, 11) is 0. The summed E-state index contributed by atoms with van der Waals surface area (Å²) in [6.45, 7) is 4.49. The van der Waals surface area contributed by atoms with E-state index in [4.69, 9.17) is 10.5 Å². The van der Waals surface area contributed by atoms with E-state index in [-0.39, 0.29) is 12.0 Å². The molecule has 6 heteroatoms. The fraction of sp³-hybridized carbons (Fsp3) is 0.750. The highest BCUT2D eigenvalue weighted by Gasteiger charge is 2.25. The van der Waals surface area contributed by atoms with Crippen LogP contribution in [0.25, 0.3) is 0 Å². The highest BCUT2D eigenvalue weighted by molar-refractivity contribution is 7.09. The second-order valence-electron chi connectivity index (χ2n) is 4.46. The van der Waals surface area contributed by atoms with E-state index >= 15 is 0 Å². The van der Waals surface area contributed by atoms with Crippen LogP contribution in [0.1, 0.15) is 31.0 Å². The van der Waals surface area contributed by atoms with E-state index in [1.165, 1.54) is 11.3 Å².